The minimum atomic E-state index is 0.685. The fourth-order valence-electron chi connectivity index (χ4n) is 2.59. The van der Waals surface area contributed by atoms with Gasteiger partial charge in [0.1, 0.15) is 5.82 Å². The number of hydrogen-bond donors (Lipinski definition) is 1. The van der Waals surface area contributed by atoms with Crippen LogP contribution in [-0.4, -0.2) is 50.5 Å². The van der Waals surface area contributed by atoms with Crippen LogP contribution in [0.15, 0.2) is 6.20 Å². The monoisotopic (exact) mass is 279 g/mol. The molecule has 1 heterocycles. The van der Waals surface area contributed by atoms with Crippen molar-refractivity contribution in [2.24, 2.45) is 5.92 Å². The summed E-state index contributed by atoms with van der Waals surface area (Å²) in [5.41, 5.74) is 2.55. The number of nitrogens with zero attached hydrogens (tertiary/aromatic N) is 2. The van der Waals surface area contributed by atoms with Crippen LogP contribution in [0.25, 0.3) is 0 Å². The van der Waals surface area contributed by atoms with Crippen molar-refractivity contribution in [3.63, 3.8) is 0 Å². The van der Waals surface area contributed by atoms with Gasteiger partial charge in [0.2, 0.25) is 0 Å². The molecular weight excluding hydrogens is 254 g/mol. The smallest absolute Gasteiger partial charge is 0.130 e. The third kappa shape index (κ3) is 4.51. The maximum absolute atomic E-state index is 5.07. The summed E-state index contributed by atoms with van der Waals surface area (Å²) in [6.07, 6.45) is 6.16. The van der Waals surface area contributed by atoms with Crippen molar-refractivity contribution in [1.82, 2.24) is 15.3 Å². The highest BCUT2D eigenvalue weighted by Crippen LogP contribution is 2.23. The standard InChI is InChI=1S/C15H25N3O2/c1-19-7-5-15-17-11-13-9-12(3-4-14(13)18-15)10-16-6-8-20-2/h11-12,16H,3-10H2,1-2H3. The van der Waals surface area contributed by atoms with Crippen LogP contribution in [0.3, 0.4) is 0 Å². The van der Waals surface area contributed by atoms with Crippen molar-refractivity contribution >= 4 is 0 Å². The van der Waals surface area contributed by atoms with Crippen LogP contribution >= 0.6 is 0 Å². The molecule has 112 valence electrons. The quantitative estimate of drug-likeness (QED) is 0.720. The number of methoxy groups -OCH3 is 2. The summed E-state index contributed by atoms with van der Waals surface area (Å²) in [6, 6.07) is 0. The predicted octanol–water partition coefficient (Wildman–Crippen LogP) is 1.01. The van der Waals surface area contributed by atoms with E-state index in [0.29, 0.717) is 12.5 Å². The highest BCUT2D eigenvalue weighted by Gasteiger charge is 2.20. The molecule has 0 spiro atoms. The molecule has 0 amide bonds. The Bertz CT molecular complexity index is 412. The van der Waals surface area contributed by atoms with Crippen molar-refractivity contribution in [3.05, 3.63) is 23.3 Å². The van der Waals surface area contributed by atoms with Gasteiger partial charge in [-0.1, -0.05) is 0 Å². The maximum atomic E-state index is 5.07. The molecule has 0 saturated carbocycles. The Hall–Kier alpha value is -1.04. The Balaban J connectivity index is 1.84. The van der Waals surface area contributed by atoms with Gasteiger partial charge in [0, 0.05) is 39.1 Å². The van der Waals surface area contributed by atoms with Crippen LogP contribution < -0.4 is 5.32 Å². The molecule has 1 aromatic heterocycles. The number of ether oxygens (including phenoxy) is 2. The minimum absolute atomic E-state index is 0.685. The van der Waals surface area contributed by atoms with Gasteiger partial charge in [0.05, 0.1) is 13.2 Å². The third-order valence-corrected chi connectivity index (χ3v) is 3.75. The molecule has 0 fully saturated rings. The Kier molecular flexibility index (Phi) is 6.36. The highest BCUT2D eigenvalue weighted by molar-refractivity contribution is 5.21. The third-order valence-electron chi connectivity index (χ3n) is 3.75. The molecule has 0 aliphatic heterocycles. The Morgan fingerprint density at radius 3 is 2.95 bits per heavy atom. The number of aryl methyl sites for hydroxylation is 1. The Morgan fingerprint density at radius 2 is 2.15 bits per heavy atom. The van der Waals surface area contributed by atoms with Gasteiger partial charge in [-0.3, -0.25) is 0 Å². The van der Waals surface area contributed by atoms with Gasteiger partial charge in [-0.25, -0.2) is 9.97 Å². The predicted molar refractivity (Wildman–Crippen MR) is 77.9 cm³/mol. The van der Waals surface area contributed by atoms with Crippen molar-refractivity contribution < 1.29 is 9.47 Å². The molecule has 1 unspecified atom stereocenters. The normalized spacial score (nSPS) is 18.0. The lowest BCUT2D eigenvalue weighted by atomic mass is 9.87. The lowest BCUT2D eigenvalue weighted by molar-refractivity contribution is 0.197. The van der Waals surface area contributed by atoms with Crippen LogP contribution in [-0.2, 0) is 28.7 Å². The van der Waals surface area contributed by atoms with Gasteiger partial charge in [0.15, 0.2) is 0 Å². The molecular formula is C15H25N3O2. The zero-order chi connectivity index (χ0) is 14.2. The molecule has 0 bridgehead atoms. The van der Waals surface area contributed by atoms with Crippen molar-refractivity contribution in [2.75, 3.05) is 40.5 Å². The first-order valence-electron chi connectivity index (χ1n) is 7.35. The first-order valence-corrected chi connectivity index (χ1v) is 7.35. The second-order valence-corrected chi connectivity index (χ2v) is 5.31. The van der Waals surface area contributed by atoms with Gasteiger partial charge >= 0.3 is 0 Å². The molecule has 0 saturated heterocycles. The van der Waals surface area contributed by atoms with Crippen molar-refractivity contribution in [3.8, 4) is 0 Å². The summed E-state index contributed by atoms with van der Waals surface area (Å²) in [7, 11) is 3.44. The summed E-state index contributed by atoms with van der Waals surface area (Å²) in [4.78, 5) is 9.11. The summed E-state index contributed by atoms with van der Waals surface area (Å²) < 4.78 is 10.1. The zero-order valence-electron chi connectivity index (χ0n) is 12.5. The molecule has 1 aromatic rings. The first kappa shape index (κ1) is 15.4. The van der Waals surface area contributed by atoms with Crippen LogP contribution in [0.4, 0.5) is 0 Å². The summed E-state index contributed by atoms with van der Waals surface area (Å²) >= 11 is 0. The van der Waals surface area contributed by atoms with E-state index in [1.807, 2.05) is 6.20 Å². The zero-order valence-corrected chi connectivity index (χ0v) is 12.5. The number of nitrogens with one attached hydrogen (secondary N) is 1. The van der Waals surface area contributed by atoms with E-state index >= 15 is 0 Å². The molecule has 1 aliphatic rings. The fourth-order valence-corrected chi connectivity index (χ4v) is 2.59. The van der Waals surface area contributed by atoms with E-state index in [-0.39, 0.29) is 0 Å². The number of fused-ring (bicyclic) bond motifs is 1. The largest absolute Gasteiger partial charge is 0.384 e. The van der Waals surface area contributed by atoms with E-state index < -0.39 is 0 Å². The van der Waals surface area contributed by atoms with Gasteiger partial charge in [-0.05, 0) is 37.3 Å². The summed E-state index contributed by atoms with van der Waals surface area (Å²) in [5, 5.41) is 3.44. The molecule has 1 N–H and O–H groups in total. The van der Waals surface area contributed by atoms with Gasteiger partial charge in [-0.15, -0.1) is 0 Å². The average molecular weight is 279 g/mol. The molecule has 0 radical (unpaired) electrons. The van der Waals surface area contributed by atoms with Crippen LogP contribution in [0.5, 0.6) is 0 Å². The lowest BCUT2D eigenvalue weighted by Crippen LogP contribution is -2.30. The van der Waals surface area contributed by atoms with Crippen molar-refractivity contribution in [2.45, 2.75) is 25.7 Å². The molecule has 5 nitrogen and oxygen atoms in total. The van der Waals surface area contributed by atoms with E-state index in [4.69, 9.17) is 9.47 Å². The van der Waals surface area contributed by atoms with Crippen LogP contribution in [0, 0.1) is 5.92 Å². The lowest BCUT2D eigenvalue weighted by Gasteiger charge is -2.24. The molecule has 20 heavy (non-hydrogen) atoms. The second-order valence-electron chi connectivity index (χ2n) is 5.31. The highest BCUT2D eigenvalue weighted by atomic mass is 16.5. The first-order chi connectivity index (χ1) is 9.83. The maximum Gasteiger partial charge on any atom is 0.130 e. The van der Waals surface area contributed by atoms with E-state index in [1.54, 1.807) is 14.2 Å². The topological polar surface area (TPSA) is 56.3 Å². The molecule has 1 atom stereocenters. The van der Waals surface area contributed by atoms with E-state index in [9.17, 15) is 0 Å². The minimum Gasteiger partial charge on any atom is -0.384 e. The van der Waals surface area contributed by atoms with Gasteiger partial charge in [0.25, 0.3) is 0 Å². The van der Waals surface area contributed by atoms with E-state index in [0.717, 1.165) is 44.8 Å². The van der Waals surface area contributed by atoms with Crippen LogP contribution in [0.2, 0.25) is 0 Å². The molecule has 5 heteroatoms. The second kappa shape index (κ2) is 8.29. The molecule has 1 aliphatic carbocycles. The van der Waals surface area contributed by atoms with Gasteiger partial charge in [-0.2, -0.15) is 0 Å². The Labute approximate surface area is 121 Å². The molecule has 0 aromatic carbocycles. The van der Waals surface area contributed by atoms with Crippen LogP contribution in [0.1, 0.15) is 23.5 Å². The number of hydrogen-bond acceptors (Lipinski definition) is 5. The summed E-state index contributed by atoms with van der Waals surface area (Å²) in [6.45, 7) is 3.43. The average Bonchev–Trinajstić information content (AvgIpc) is 2.49. The SMILES string of the molecule is COCCNCC1CCc2nc(CCOC)ncc2C1. The van der Waals surface area contributed by atoms with Gasteiger partial charge < -0.3 is 14.8 Å². The molecule has 2 rings (SSSR count). The van der Waals surface area contributed by atoms with E-state index in [2.05, 4.69) is 15.3 Å². The van der Waals surface area contributed by atoms with E-state index in [1.165, 1.54) is 17.7 Å². The fraction of sp³-hybridized carbons (Fsp3) is 0.733. The number of aromatic nitrogens is 2. The van der Waals surface area contributed by atoms with Crippen molar-refractivity contribution in [1.29, 1.82) is 0 Å². The summed E-state index contributed by atoms with van der Waals surface area (Å²) in [5.74, 6) is 1.59. The number of rotatable bonds is 8. The Morgan fingerprint density at radius 1 is 1.30 bits per heavy atom.